The highest BCUT2D eigenvalue weighted by molar-refractivity contribution is 6.53. The summed E-state index contributed by atoms with van der Waals surface area (Å²) in [4.78, 5) is 11.8. The average molecular weight is 286 g/mol. The van der Waals surface area contributed by atoms with Gasteiger partial charge in [0, 0.05) is 11.6 Å². The van der Waals surface area contributed by atoms with E-state index < -0.39 is 5.23 Å². The second-order valence-electron chi connectivity index (χ2n) is 4.20. The van der Waals surface area contributed by atoms with Gasteiger partial charge >= 0.3 is 5.88 Å². The van der Waals surface area contributed by atoms with Gasteiger partial charge in [-0.25, -0.2) is 5.21 Å². The highest BCUT2D eigenvalue weighted by atomic mass is 16.8. The number of nitrogens with zero attached hydrogens (tertiary/aromatic N) is 2. The van der Waals surface area contributed by atoms with Gasteiger partial charge in [0.25, 0.3) is 5.91 Å². The Hall–Kier alpha value is -2.81. The molecule has 1 aliphatic heterocycles. The van der Waals surface area contributed by atoms with Crippen LogP contribution in [-0.2, 0) is 4.79 Å². The molecule has 1 amide bonds. The lowest BCUT2D eigenvalue weighted by atomic mass is 10.1. The van der Waals surface area contributed by atoms with Gasteiger partial charge in [-0.15, -0.1) is 5.10 Å². The van der Waals surface area contributed by atoms with Crippen LogP contribution >= 0.6 is 0 Å². The van der Waals surface area contributed by atoms with Crippen LogP contribution in [0.5, 0.6) is 0 Å². The minimum atomic E-state index is -1.16. The SMILES string of the molecule is O=C1Nc2ccccc2C1=NN=Cc1ccc([NH+]([O-])O)o1. The van der Waals surface area contributed by atoms with E-state index in [0.29, 0.717) is 11.3 Å². The number of carbonyl (C=O) groups is 1. The molecule has 1 atom stereocenters. The van der Waals surface area contributed by atoms with Gasteiger partial charge in [-0.1, -0.05) is 18.2 Å². The van der Waals surface area contributed by atoms with E-state index in [0.717, 1.165) is 0 Å². The second-order valence-corrected chi connectivity index (χ2v) is 4.20. The van der Waals surface area contributed by atoms with Crippen LogP contribution in [-0.4, -0.2) is 23.0 Å². The molecule has 106 valence electrons. The Bertz CT molecular complexity index is 748. The number of para-hydroxylation sites is 1. The molecule has 8 nitrogen and oxygen atoms in total. The van der Waals surface area contributed by atoms with E-state index in [9.17, 15) is 10.0 Å². The number of hydrogen-bond donors (Lipinski definition) is 3. The number of anilines is 1. The van der Waals surface area contributed by atoms with Crippen LogP contribution in [0.4, 0.5) is 11.6 Å². The van der Waals surface area contributed by atoms with E-state index in [-0.39, 0.29) is 23.3 Å². The summed E-state index contributed by atoms with van der Waals surface area (Å²) in [7, 11) is 0. The summed E-state index contributed by atoms with van der Waals surface area (Å²) < 4.78 is 4.99. The first-order valence-electron chi connectivity index (χ1n) is 6.00. The zero-order valence-corrected chi connectivity index (χ0v) is 10.6. The standard InChI is InChI=1S/C13H10N4O4/c18-13-12(9-3-1-2-4-10(9)15-13)16-14-7-8-5-6-11(21-8)17(19)20/h1-7,17,19H,(H,15,16,18). The third-order valence-electron chi connectivity index (χ3n) is 2.83. The highest BCUT2D eigenvalue weighted by Gasteiger charge is 2.25. The van der Waals surface area contributed by atoms with Crippen LogP contribution in [0.1, 0.15) is 11.3 Å². The molecule has 0 spiro atoms. The maximum absolute atomic E-state index is 11.8. The number of benzene rings is 1. The van der Waals surface area contributed by atoms with Gasteiger partial charge in [-0.2, -0.15) is 10.3 Å². The highest BCUT2D eigenvalue weighted by Crippen LogP contribution is 2.22. The maximum Gasteiger partial charge on any atom is 0.328 e. The summed E-state index contributed by atoms with van der Waals surface area (Å²) in [6.07, 6.45) is 1.24. The zero-order chi connectivity index (χ0) is 14.8. The molecule has 2 heterocycles. The summed E-state index contributed by atoms with van der Waals surface area (Å²) in [5.74, 6) is -0.282. The Morgan fingerprint density at radius 3 is 2.86 bits per heavy atom. The monoisotopic (exact) mass is 286 g/mol. The van der Waals surface area contributed by atoms with Crippen LogP contribution in [0.25, 0.3) is 0 Å². The van der Waals surface area contributed by atoms with Gasteiger partial charge < -0.3 is 14.9 Å². The third kappa shape index (κ3) is 2.58. The van der Waals surface area contributed by atoms with E-state index in [2.05, 4.69) is 15.5 Å². The van der Waals surface area contributed by atoms with Crippen molar-refractivity contribution in [3.05, 3.63) is 52.9 Å². The molecule has 0 saturated carbocycles. The molecule has 0 bridgehead atoms. The van der Waals surface area contributed by atoms with Crippen molar-refractivity contribution >= 4 is 29.4 Å². The molecular formula is C13H10N4O4. The fourth-order valence-electron chi connectivity index (χ4n) is 1.88. The molecule has 0 radical (unpaired) electrons. The van der Waals surface area contributed by atoms with Gasteiger partial charge in [0.15, 0.2) is 11.5 Å². The molecule has 1 unspecified atom stereocenters. The Labute approximate surface area is 118 Å². The van der Waals surface area contributed by atoms with Gasteiger partial charge in [-0.05, 0) is 12.1 Å². The summed E-state index contributed by atoms with van der Waals surface area (Å²) in [6, 6.07) is 9.90. The summed E-state index contributed by atoms with van der Waals surface area (Å²) in [5.41, 5.74) is 1.56. The van der Waals surface area contributed by atoms with Gasteiger partial charge in [0.1, 0.15) is 0 Å². The lowest BCUT2D eigenvalue weighted by molar-refractivity contribution is -0.997. The lowest BCUT2D eigenvalue weighted by Gasteiger charge is -2.05. The molecule has 0 saturated heterocycles. The number of hydrogen-bond acceptors (Lipinski definition) is 6. The zero-order valence-electron chi connectivity index (χ0n) is 10.6. The predicted molar refractivity (Wildman–Crippen MR) is 73.7 cm³/mol. The first-order valence-corrected chi connectivity index (χ1v) is 6.00. The van der Waals surface area contributed by atoms with Crippen molar-refractivity contribution in [1.29, 1.82) is 0 Å². The maximum atomic E-state index is 11.8. The number of carbonyl (C=O) groups excluding carboxylic acids is 1. The Kier molecular flexibility index (Phi) is 3.32. The number of fused-ring (bicyclic) bond motifs is 1. The van der Waals surface area contributed by atoms with E-state index in [1.165, 1.54) is 18.3 Å². The van der Waals surface area contributed by atoms with Crippen molar-refractivity contribution in [3.63, 3.8) is 0 Å². The number of amides is 1. The minimum absolute atomic E-state index is 0.187. The van der Waals surface area contributed by atoms with E-state index in [4.69, 9.17) is 9.62 Å². The van der Waals surface area contributed by atoms with Crippen molar-refractivity contribution in [1.82, 2.24) is 0 Å². The Morgan fingerprint density at radius 2 is 2.10 bits per heavy atom. The van der Waals surface area contributed by atoms with Crippen LogP contribution in [0.3, 0.4) is 0 Å². The first-order chi connectivity index (χ1) is 10.1. The summed E-state index contributed by atoms with van der Waals surface area (Å²) >= 11 is 0. The topological polar surface area (TPSA) is 115 Å². The Morgan fingerprint density at radius 1 is 1.29 bits per heavy atom. The number of quaternary nitrogens is 1. The molecule has 3 N–H and O–H groups in total. The molecule has 21 heavy (non-hydrogen) atoms. The molecule has 3 rings (SSSR count). The van der Waals surface area contributed by atoms with Crippen LogP contribution in [0.15, 0.2) is 51.0 Å². The Balaban J connectivity index is 1.82. The van der Waals surface area contributed by atoms with Crippen molar-refractivity contribution in [2.24, 2.45) is 10.2 Å². The van der Waals surface area contributed by atoms with Gasteiger partial charge in [0.05, 0.1) is 11.9 Å². The van der Waals surface area contributed by atoms with Gasteiger partial charge in [-0.3, -0.25) is 4.79 Å². The normalized spacial score (nSPS) is 17.2. The number of rotatable bonds is 3. The predicted octanol–water partition coefficient (Wildman–Crippen LogP) is 0.458. The van der Waals surface area contributed by atoms with Crippen molar-refractivity contribution in [3.8, 4) is 0 Å². The summed E-state index contributed by atoms with van der Waals surface area (Å²) in [6.45, 7) is 0. The average Bonchev–Trinajstić information content (AvgIpc) is 3.04. The molecule has 1 aromatic heterocycles. The molecule has 1 aliphatic rings. The van der Waals surface area contributed by atoms with E-state index in [1.807, 2.05) is 6.07 Å². The molecule has 0 fully saturated rings. The number of nitrogens with one attached hydrogen (secondary N) is 2. The minimum Gasteiger partial charge on any atom is -0.592 e. The van der Waals surface area contributed by atoms with Crippen molar-refractivity contribution in [2.45, 2.75) is 0 Å². The molecule has 2 aromatic rings. The smallest absolute Gasteiger partial charge is 0.328 e. The third-order valence-corrected chi connectivity index (χ3v) is 2.83. The molecule has 8 heteroatoms. The largest absolute Gasteiger partial charge is 0.592 e. The van der Waals surface area contributed by atoms with E-state index in [1.54, 1.807) is 18.2 Å². The molecule has 0 aliphatic carbocycles. The van der Waals surface area contributed by atoms with Crippen LogP contribution in [0, 0.1) is 5.21 Å². The molecule has 1 aromatic carbocycles. The summed E-state index contributed by atoms with van der Waals surface area (Å²) in [5, 5.41) is 28.5. The van der Waals surface area contributed by atoms with Gasteiger partial charge in [0.2, 0.25) is 0 Å². The fraction of sp³-hybridized carbons (Fsp3) is 0. The second kappa shape index (κ2) is 5.29. The van der Waals surface area contributed by atoms with Crippen molar-refractivity contribution in [2.75, 3.05) is 5.32 Å². The van der Waals surface area contributed by atoms with E-state index >= 15 is 0 Å². The molecular weight excluding hydrogens is 276 g/mol. The fourth-order valence-corrected chi connectivity index (χ4v) is 1.88. The quantitative estimate of drug-likeness (QED) is 0.561. The van der Waals surface area contributed by atoms with Crippen LogP contribution in [0.2, 0.25) is 0 Å². The van der Waals surface area contributed by atoms with Crippen molar-refractivity contribution < 1.29 is 19.6 Å². The number of furan rings is 1. The lowest BCUT2D eigenvalue weighted by Crippen LogP contribution is -2.99. The first kappa shape index (κ1) is 13.2. The van der Waals surface area contributed by atoms with Crippen LogP contribution < -0.4 is 10.5 Å².